The van der Waals surface area contributed by atoms with Crippen LogP contribution in [0.25, 0.3) is 0 Å². The molecule has 3 heterocycles. The summed E-state index contributed by atoms with van der Waals surface area (Å²) < 4.78 is 38.6. The van der Waals surface area contributed by atoms with Crippen LogP contribution < -0.4 is 5.32 Å². The molecule has 0 bridgehead atoms. The van der Waals surface area contributed by atoms with Gasteiger partial charge < -0.3 is 19.7 Å². The topological polar surface area (TPSA) is 53.4 Å². The first-order valence-electron chi connectivity index (χ1n) is 8.54. The van der Waals surface area contributed by atoms with Gasteiger partial charge in [-0.2, -0.15) is 13.2 Å². The Bertz CT molecular complexity index is 617. The second kappa shape index (κ2) is 6.86. The summed E-state index contributed by atoms with van der Waals surface area (Å²) in [7, 11) is 2.10. The van der Waals surface area contributed by atoms with E-state index in [4.69, 9.17) is 0 Å². The van der Waals surface area contributed by atoms with Gasteiger partial charge in [0.1, 0.15) is 12.4 Å². The van der Waals surface area contributed by atoms with Gasteiger partial charge in [-0.25, -0.2) is 9.78 Å². The lowest BCUT2D eigenvalue weighted by Crippen LogP contribution is -2.45. The third kappa shape index (κ3) is 4.45. The highest BCUT2D eigenvalue weighted by Gasteiger charge is 2.42. The van der Waals surface area contributed by atoms with Crippen molar-refractivity contribution in [3.05, 3.63) is 18.2 Å². The van der Waals surface area contributed by atoms with E-state index in [-0.39, 0.29) is 23.8 Å². The van der Waals surface area contributed by atoms with E-state index in [9.17, 15) is 18.0 Å². The summed E-state index contributed by atoms with van der Waals surface area (Å²) in [6.07, 6.45) is 1.52. The standard InChI is InChI=1S/C16H24F3N5O/c1-22-6-2-3-15(10-22)4-7-24(11-15)14(25)21-9-13-20-5-8-23(13)12-16(17,18)19/h5,8H,2-4,6-7,9-12H2,1H3,(H,21,25). The smallest absolute Gasteiger partial charge is 0.331 e. The number of piperidine rings is 1. The van der Waals surface area contributed by atoms with Crippen LogP contribution in [-0.4, -0.2) is 64.8 Å². The van der Waals surface area contributed by atoms with E-state index in [1.165, 1.54) is 12.4 Å². The lowest BCUT2D eigenvalue weighted by atomic mass is 9.79. The summed E-state index contributed by atoms with van der Waals surface area (Å²) in [4.78, 5) is 20.4. The zero-order chi connectivity index (χ0) is 18.1. The molecule has 25 heavy (non-hydrogen) atoms. The van der Waals surface area contributed by atoms with Gasteiger partial charge in [-0.15, -0.1) is 0 Å². The molecule has 0 aromatic carbocycles. The number of urea groups is 1. The molecule has 1 unspecified atom stereocenters. The molecule has 1 spiro atoms. The number of aromatic nitrogens is 2. The molecule has 0 aliphatic carbocycles. The normalized spacial score (nSPS) is 24.9. The van der Waals surface area contributed by atoms with Gasteiger partial charge in [-0.3, -0.25) is 0 Å². The van der Waals surface area contributed by atoms with Crippen LogP contribution >= 0.6 is 0 Å². The maximum absolute atomic E-state index is 12.5. The largest absolute Gasteiger partial charge is 0.406 e. The van der Waals surface area contributed by atoms with Crippen LogP contribution in [0, 0.1) is 5.41 Å². The monoisotopic (exact) mass is 359 g/mol. The maximum atomic E-state index is 12.5. The Morgan fingerprint density at radius 2 is 2.12 bits per heavy atom. The van der Waals surface area contributed by atoms with Gasteiger partial charge in [0.05, 0.1) is 6.54 Å². The molecule has 2 fully saturated rings. The Hall–Kier alpha value is -1.77. The van der Waals surface area contributed by atoms with Gasteiger partial charge in [-0.1, -0.05) is 0 Å². The molecule has 2 aliphatic heterocycles. The second-order valence-electron chi connectivity index (χ2n) is 7.26. The molecule has 3 rings (SSSR count). The van der Waals surface area contributed by atoms with Crippen molar-refractivity contribution < 1.29 is 18.0 Å². The fraction of sp³-hybridized carbons (Fsp3) is 0.750. The van der Waals surface area contributed by atoms with Crippen LogP contribution in [0.4, 0.5) is 18.0 Å². The number of nitrogens with zero attached hydrogens (tertiary/aromatic N) is 4. The molecule has 1 aromatic rings. The lowest BCUT2D eigenvalue weighted by molar-refractivity contribution is -0.141. The lowest BCUT2D eigenvalue weighted by Gasteiger charge is -2.38. The van der Waals surface area contributed by atoms with Crippen molar-refractivity contribution in [1.82, 2.24) is 24.7 Å². The first kappa shape index (κ1) is 18.0. The molecule has 2 aliphatic rings. The molecule has 9 heteroatoms. The molecule has 1 atom stereocenters. The highest BCUT2D eigenvalue weighted by molar-refractivity contribution is 5.74. The number of likely N-dealkylation sites (tertiary alicyclic amines) is 2. The molecule has 1 aromatic heterocycles. The second-order valence-corrected chi connectivity index (χ2v) is 7.26. The molecule has 2 amide bonds. The SMILES string of the molecule is CN1CCCC2(CCN(C(=O)NCc3nccn3CC(F)(F)F)C2)C1. The Balaban J connectivity index is 1.53. The van der Waals surface area contributed by atoms with E-state index < -0.39 is 12.7 Å². The van der Waals surface area contributed by atoms with Gasteiger partial charge >= 0.3 is 12.2 Å². The van der Waals surface area contributed by atoms with Gasteiger partial charge in [-0.05, 0) is 32.9 Å². The van der Waals surface area contributed by atoms with Crippen molar-refractivity contribution >= 4 is 6.03 Å². The Labute approximate surface area is 145 Å². The zero-order valence-corrected chi connectivity index (χ0v) is 14.3. The molecule has 140 valence electrons. The minimum atomic E-state index is -4.31. The first-order chi connectivity index (χ1) is 11.8. The van der Waals surface area contributed by atoms with Crippen molar-refractivity contribution in [3.63, 3.8) is 0 Å². The van der Waals surface area contributed by atoms with Crippen molar-refractivity contribution in [2.24, 2.45) is 5.41 Å². The zero-order valence-electron chi connectivity index (χ0n) is 14.3. The summed E-state index contributed by atoms with van der Waals surface area (Å²) >= 11 is 0. The van der Waals surface area contributed by atoms with Crippen LogP contribution in [-0.2, 0) is 13.1 Å². The van der Waals surface area contributed by atoms with Gasteiger partial charge in [0.2, 0.25) is 0 Å². The summed E-state index contributed by atoms with van der Waals surface area (Å²) in [5.74, 6) is 0.206. The quantitative estimate of drug-likeness (QED) is 0.899. The molecule has 2 saturated heterocycles. The van der Waals surface area contributed by atoms with Crippen molar-refractivity contribution in [1.29, 1.82) is 0 Å². The van der Waals surface area contributed by atoms with Crippen molar-refractivity contribution in [2.75, 3.05) is 33.2 Å². The van der Waals surface area contributed by atoms with Gasteiger partial charge in [0.25, 0.3) is 0 Å². The van der Waals surface area contributed by atoms with E-state index in [1.54, 1.807) is 4.90 Å². The summed E-state index contributed by atoms with van der Waals surface area (Å²) in [5.41, 5.74) is 0.166. The highest BCUT2D eigenvalue weighted by Crippen LogP contribution is 2.38. The van der Waals surface area contributed by atoms with Gasteiger partial charge in [0.15, 0.2) is 0 Å². The molecular formula is C16H24F3N5O. The van der Waals surface area contributed by atoms with E-state index in [2.05, 4.69) is 22.2 Å². The van der Waals surface area contributed by atoms with Crippen molar-refractivity contribution in [3.8, 4) is 0 Å². The molecule has 0 saturated carbocycles. The Morgan fingerprint density at radius 1 is 1.32 bits per heavy atom. The fourth-order valence-electron chi connectivity index (χ4n) is 4.01. The number of hydrogen-bond donors (Lipinski definition) is 1. The number of hydrogen-bond acceptors (Lipinski definition) is 3. The number of carbonyl (C=O) groups excluding carboxylic acids is 1. The number of halogens is 3. The maximum Gasteiger partial charge on any atom is 0.406 e. The first-order valence-corrected chi connectivity index (χ1v) is 8.54. The number of imidazole rings is 1. The van der Waals surface area contributed by atoms with Crippen LogP contribution in [0.15, 0.2) is 12.4 Å². The number of alkyl halides is 3. The Morgan fingerprint density at radius 3 is 2.84 bits per heavy atom. The minimum Gasteiger partial charge on any atom is -0.331 e. The number of amides is 2. The van der Waals surface area contributed by atoms with E-state index in [0.717, 1.165) is 36.9 Å². The average Bonchev–Trinajstić information content (AvgIpc) is 3.11. The predicted molar refractivity (Wildman–Crippen MR) is 85.9 cm³/mol. The van der Waals surface area contributed by atoms with E-state index in [0.29, 0.717) is 13.1 Å². The van der Waals surface area contributed by atoms with Crippen LogP contribution in [0.1, 0.15) is 25.1 Å². The van der Waals surface area contributed by atoms with Gasteiger partial charge in [0, 0.05) is 37.4 Å². The molecule has 0 radical (unpaired) electrons. The van der Waals surface area contributed by atoms with Crippen LogP contribution in [0.2, 0.25) is 0 Å². The molecule has 6 nitrogen and oxygen atoms in total. The highest BCUT2D eigenvalue weighted by atomic mass is 19.4. The molecular weight excluding hydrogens is 335 g/mol. The predicted octanol–water partition coefficient (Wildman–Crippen LogP) is 2.07. The molecule has 1 N–H and O–H groups in total. The fourth-order valence-corrected chi connectivity index (χ4v) is 4.01. The summed E-state index contributed by atoms with van der Waals surface area (Å²) in [5, 5.41) is 2.71. The third-order valence-electron chi connectivity index (χ3n) is 5.13. The van der Waals surface area contributed by atoms with Crippen LogP contribution in [0.3, 0.4) is 0 Å². The summed E-state index contributed by atoms with van der Waals surface area (Å²) in [6, 6.07) is -0.230. The average molecular weight is 359 g/mol. The number of carbonyl (C=O) groups is 1. The third-order valence-corrected chi connectivity index (χ3v) is 5.13. The van der Waals surface area contributed by atoms with Crippen LogP contribution in [0.5, 0.6) is 0 Å². The minimum absolute atomic E-state index is 0.00861. The van der Waals surface area contributed by atoms with E-state index >= 15 is 0 Å². The Kier molecular flexibility index (Phi) is 4.95. The summed E-state index contributed by atoms with van der Waals surface area (Å²) in [6.45, 7) is 2.38. The number of nitrogens with one attached hydrogen (secondary N) is 1. The number of rotatable bonds is 3. The van der Waals surface area contributed by atoms with E-state index in [1.807, 2.05) is 0 Å². The van der Waals surface area contributed by atoms with Crippen molar-refractivity contribution in [2.45, 2.75) is 38.5 Å².